The van der Waals surface area contributed by atoms with E-state index in [1.54, 1.807) is 6.33 Å². The summed E-state index contributed by atoms with van der Waals surface area (Å²) in [5.74, 6) is 1.86. The molecule has 0 aliphatic rings. The number of halogens is 1. The van der Waals surface area contributed by atoms with Crippen LogP contribution in [0.15, 0.2) is 35.6 Å². The molecule has 0 bridgehead atoms. The highest BCUT2D eigenvalue weighted by atomic mass is 127. The molecular weight excluding hydrogens is 463 g/mol. The van der Waals surface area contributed by atoms with Gasteiger partial charge in [-0.25, -0.2) is 0 Å². The summed E-state index contributed by atoms with van der Waals surface area (Å²) < 4.78 is 2.08. The maximum atomic E-state index is 4.82. The van der Waals surface area contributed by atoms with E-state index in [1.165, 1.54) is 11.1 Å². The molecular formula is C21H35IN6. The van der Waals surface area contributed by atoms with Crippen LogP contribution in [0.3, 0.4) is 0 Å². The Balaban J connectivity index is 0.00000392. The van der Waals surface area contributed by atoms with Gasteiger partial charge in [-0.05, 0) is 24.5 Å². The molecule has 1 aromatic heterocycles. The zero-order chi connectivity index (χ0) is 19.7. The second kappa shape index (κ2) is 12.0. The molecule has 2 rings (SSSR count). The summed E-state index contributed by atoms with van der Waals surface area (Å²) in [6, 6.07) is 8.89. The molecule has 7 heteroatoms. The second-order valence-electron chi connectivity index (χ2n) is 7.35. The second-order valence-corrected chi connectivity index (χ2v) is 7.35. The van der Waals surface area contributed by atoms with E-state index in [1.807, 2.05) is 0 Å². The SMILES string of the molecule is CCNC(=NCC(C)(C)c1ccc(CC)cc1)NCCn1cnnc1CC.I. The molecule has 0 atom stereocenters. The molecule has 0 saturated carbocycles. The van der Waals surface area contributed by atoms with Gasteiger partial charge in [-0.1, -0.05) is 52.0 Å². The highest BCUT2D eigenvalue weighted by molar-refractivity contribution is 14.0. The van der Waals surface area contributed by atoms with Crippen molar-refractivity contribution in [3.8, 4) is 0 Å². The van der Waals surface area contributed by atoms with Gasteiger partial charge in [0.25, 0.3) is 0 Å². The van der Waals surface area contributed by atoms with Crippen LogP contribution < -0.4 is 10.6 Å². The van der Waals surface area contributed by atoms with Crippen molar-refractivity contribution in [3.05, 3.63) is 47.5 Å². The largest absolute Gasteiger partial charge is 0.357 e. The van der Waals surface area contributed by atoms with E-state index >= 15 is 0 Å². The first kappa shape index (κ1) is 24.4. The topological polar surface area (TPSA) is 67.1 Å². The summed E-state index contributed by atoms with van der Waals surface area (Å²) in [4.78, 5) is 4.82. The van der Waals surface area contributed by atoms with Gasteiger partial charge in [-0.2, -0.15) is 0 Å². The molecule has 0 radical (unpaired) electrons. The smallest absolute Gasteiger partial charge is 0.191 e. The Morgan fingerprint density at radius 3 is 2.39 bits per heavy atom. The summed E-state index contributed by atoms with van der Waals surface area (Å²) in [6.07, 6.45) is 3.74. The van der Waals surface area contributed by atoms with E-state index in [9.17, 15) is 0 Å². The monoisotopic (exact) mass is 498 g/mol. The minimum Gasteiger partial charge on any atom is -0.357 e. The molecule has 0 amide bonds. The van der Waals surface area contributed by atoms with Crippen molar-refractivity contribution in [2.45, 2.75) is 59.4 Å². The first-order valence-corrected chi connectivity index (χ1v) is 9.98. The maximum Gasteiger partial charge on any atom is 0.191 e. The number of aryl methyl sites for hydroxylation is 2. The lowest BCUT2D eigenvalue weighted by atomic mass is 9.84. The highest BCUT2D eigenvalue weighted by Gasteiger charge is 2.20. The maximum absolute atomic E-state index is 4.82. The molecule has 2 N–H and O–H groups in total. The number of aliphatic imine (C=N–C) groups is 1. The predicted molar refractivity (Wildman–Crippen MR) is 128 cm³/mol. The third-order valence-electron chi connectivity index (χ3n) is 4.78. The van der Waals surface area contributed by atoms with Crippen LogP contribution in [-0.2, 0) is 24.8 Å². The van der Waals surface area contributed by atoms with Crippen molar-refractivity contribution in [2.24, 2.45) is 4.99 Å². The third kappa shape index (κ3) is 7.07. The number of aromatic nitrogens is 3. The number of nitrogens with zero attached hydrogens (tertiary/aromatic N) is 4. The Morgan fingerprint density at radius 2 is 1.79 bits per heavy atom. The van der Waals surface area contributed by atoms with Crippen LogP contribution in [0.2, 0.25) is 0 Å². The Hall–Kier alpha value is -1.64. The molecule has 0 unspecified atom stereocenters. The van der Waals surface area contributed by atoms with E-state index in [-0.39, 0.29) is 29.4 Å². The average molecular weight is 498 g/mol. The van der Waals surface area contributed by atoms with Crippen molar-refractivity contribution in [1.82, 2.24) is 25.4 Å². The van der Waals surface area contributed by atoms with E-state index < -0.39 is 0 Å². The summed E-state index contributed by atoms with van der Waals surface area (Å²) >= 11 is 0. The number of hydrogen-bond acceptors (Lipinski definition) is 3. The lowest BCUT2D eigenvalue weighted by Crippen LogP contribution is -2.40. The fraction of sp³-hybridized carbons (Fsp3) is 0.571. The van der Waals surface area contributed by atoms with Crippen molar-refractivity contribution in [3.63, 3.8) is 0 Å². The van der Waals surface area contributed by atoms with Gasteiger partial charge >= 0.3 is 0 Å². The minimum atomic E-state index is -0.0156. The first-order chi connectivity index (χ1) is 13.0. The van der Waals surface area contributed by atoms with Crippen LogP contribution in [0, 0.1) is 0 Å². The van der Waals surface area contributed by atoms with Crippen LogP contribution in [0.1, 0.15) is 51.6 Å². The molecule has 2 aromatic rings. The van der Waals surface area contributed by atoms with E-state index in [0.717, 1.165) is 50.8 Å². The van der Waals surface area contributed by atoms with Gasteiger partial charge in [0.2, 0.25) is 0 Å². The Kier molecular flexibility index (Phi) is 10.5. The fourth-order valence-corrected chi connectivity index (χ4v) is 2.94. The fourth-order valence-electron chi connectivity index (χ4n) is 2.94. The standard InChI is InChI=1S/C21H34N6.HI/c1-6-17-9-11-18(12-10-17)21(4,5)15-24-20(22-8-3)23-13-14-27-16-25-26-19(27)7-2;/h9-12,16H,6-8,13-15H2,1-5H3,(H2,22,23,24);1H. The molecule has 1 heterocycles. The summed E-state index contributed by atoms with van der Waals surface area (Å²) in [5.41, 5.74) is 2.67. The van der Waals surface area contributed by atoms with Crippen molar-refractivity contribution >= 4 is 29.9 Å². The molecule has 28 heavy (non-hydrogen) atoms. The molecule has 0 saturated heterocycles. The average Bonchev–Trinajstić information content (AvgIpc) is 3.13. The lowest BCUT2D eigenvalue weighted by molar-refractivity contribution is 0.536. The minimum absolute atomic E-state index is 0. The van der Waals surface area contributed by atoms with Crippen LogP contribution >= 0.6 is 24.0 Å². The van der Waals surface area contributed by atoms with Crippen LogP contribution in [0.5, 0.6) is 0 Å². The van der Waals surface area contributed by atoms with Crippen molar-refractivity contribution < 1.29 is 0 Å². The van der Waals surface area contributed by atoms with Gasteiger partial charge in [0.1, 0.15) is 12.2 Å². The summed E-state index contributed by atoms with van der Waals surface area (Å²) in [6.45, 7) is 14.0. The first-order valence-electron chi connectivity index (χ1n) is 9.98. The highest BCUT2D eigenvalue weighted by Crippen LogP contribution is 2.24. The van der Waals surface area contributed by atoms with Gasteiger partial charge in [0.15, 0.2) is 5.96 Å². The van der Waals surface area contributed by atoms with Crippen LogP contribution in [0.4, 0.5) is 0 Å². The van der Waals surface area contributed by atoms with Crippen LogP contribution in [-0.4, -0.2) is 40.4 Å². The Morgan fingerprint density at radius 1 is 1.07 bits per heavy atom. The van der Waals surface area contributed by atoms with Gasteiger partial charge in [0.05, 0.1) is 6.54 Å². The van der Waals surface area contributed by atoms with Gasteiger partial charge in [-0.3, -0.25) is 4.99 Å². The normalized spacial score (nSPS) is 11.8. The molecule has 156 valence electrons. The number of rotatable bonds is 9. The molecule has 0 aliphatic carbocycles. The van der Waals surface area contributed by atoms with Crippen LogP contribution in [0.25, 0.3) is 0 Å². The molecule has 1 aromatic carbocycles. The van der Waals surface area contributed by atoms with Crippen molar-refractivity contribution in [1.29, 1.82) is 0 Å². The number of nitrogens with one attached hydrogen (secondary N) is 2. The lowest BCUT2D eigenvalue weighted by Gasteiger charge is -2.24. The molecule has 0 aliphatic heterocycles. The Bertz CT molecular complexity index is 721. The zero-order valence-electron chi connectivity index (χ0n) is 17.8. The summed E-state index contributed by atoms with van der Waals surface area (Å²) in [7, 11) is 0. The number of guanidine groups is 1. The Labute approximate surface area is 186 Å². The van der Waals surface area contributed by atoms with Gasteiger partial charge < -0.3 is 15.2 Å². The van der Waals surface area contributed by atoms with E-state index in [0.29, 0.717) is 0 Å². The number of benzene rings is 1. The quantitative estimate of drug-likeness (QED) is 0.315. The van der Waals surface area contributed by atoms with Gasteiger partial charge in [0, 0.05) is 31.5 Å². The molecule has 0 fully saturated rings. The van der Waals surface area contributed by atoms with E-state index in [2.05, 4.69) is 84.3 Å². The predicted octanol–water partition coefficient (Wildman–Crippen LogP) is 3.55. The molecule has 0 spiro atoms. The third-order valence-corrected chi connectivity index (χ3v) is 4.78. The summed E-state index contributed by atoms with van der Waals surface area (Å²) in [5, 5.41) is 14.9. The van der Waals surface area contributed by atoms with Gasteiger partial charge in [-0.15, -0.1) is 34.2 Å². The van der Waals surface area contributed by atoms with E-state index in [4.69, 9.17) is 4.99 Å². The number of hydrogen-bond donors (Lipinski definition) is 2. The van der Waals surface area contributed by atoms with Crippen molar-refractivity contribution in [2.75, 3.05) is 19.6 Å². The zero-order valence-corrected chi connectivity index (χ0v) is 20.2. The molecule has 6 nitrogen and oxygen atoms in total.